The molecular weight excluding hydrogens is 515 g/mol. The number of benzene rings is 4. The van der Waals surface area contributed by atoms with Crippen LogP contribution in [0.15, 0.2) is 91.0 Å². The Balaban J connectivity index is 1.65. The lowest BCUT2D eigenvalue weighted by Gasteiger charge is -2.32. The molecule has 1 N–H and O–H groups in total. The van der Waals surface area contributed by atoms with Crippen LogP contribution in [-0.2, 0) is 29.0 Å². The van der Waals surface area contributed by atoms with Crippen LogP contribution < -0.4 is 5.32 Å². The zero-order valence-corrected chi connectivity index (χ0v) is 23.0. The van der Waals surface area contributed by atoms with Gasteiger partial charge in [-0.05, 0) is 52.4 Å². The van der Waals surface area contributed by atoms with Gasteiger partial charge in [0.15, 0.2) is 0 Å². The SMILES string of the molecule is CCCNC(=O)[C@H](Cc1ccccc1)N(Cc1ccc(Cl)c(Cl)c1)C(=O)CCc1cccc2ccccc12. The summed E-state index contributed by atoms with van der Waals surface area (Å²) in [5.41, 5.74) is 2.92. The van der Waals surface area contributed by atoms with E-state index in [1.807, 2.05) is 61.5 Å². The van der Waals surface area contributed by atoms with E-state index in [0.717, 1.165) is 33.9 Å². The van der Waals surface area contributed by atoms with Crippen molar-refractivity contribution in [2.45, 2.75) is 45.2 Å². The van der Waals surface area contributed by atoms with Crippen molar-refractivity contribution in [3.8, 4) is 0 Å². The summed E-state index contributed by atoms with van der Waals surface area (Å²) in [5.74, 6) is -0.245. The van der Waals surface area contributed by atoms with Crippen molar-refractivity contribution in [3.63, 3.8) is 0 Å². The summed E-state index contributed by atoms with van der Waals surface area (Å²) in [6.45, 7) is 2.81. The number of hydrogen-bond donors (Lipinski definition) is 1. The summed E-state index contributed by atoms with van der Waals surface area (Å²) in [6, 6.07) is 28.8. The number of nitrogens with one attached hydrogen (secondary N) is 1. The first-order valence-electron chi connectivity index (χ1n) is 13.0. The van der Waals surface area contributed by atoms with E-state index in [0.29, 0.717) is 29.4 Å². The molecule has 196 valence electrons. The molecule has 0 aliphatic heterocycles. The van der Waals surface area contributed by atoms with Crippen molar-refractivity contribution in [1.29, 1.82) is 0 Å². The van der Waals surface area contributed by atoms with Crippen LogP contribution in [0.25, 0.3) is 10.8 Å². The zero-order chi connectivity index (χ0) is 26.9. The van der Waals surface area contributed by atoms with Gasteiger partial charge >= 0.3 is 0 Å². The van der Waals surface area contributed by atoms with Gasteiger partial charge in [-0.25, -0.2) is 0 Å². The van der Waals surface area contributed by atoms with Gasteiger partial charge in [0, 0.05) is 25.9 Å². The highest BCUT2D eigenvalue weighted by Crippen LogP contribution is 2.25. The molecule has 6 heteroatoms. The molecule has 2 amide bonds. The van der Waals surface area contributed by atoms with Gasteiger partial charge in [-0.3, -0.25) is 9.59 Å². The van der Waals surface area contributed by atoms with Gasteiger partial charge < -0.3 is 10.2 Å². The van der Waals surface area contributed by atoms with E-state index in [1.165, 1.54) is 0 Å². The average Bonchev–Trinajstić information content (AvgIpc) is 2.94. The normalized spacial score (nSPS) is 11.8. The maximum Gasteiger partial charge on any atom is 0.243 e. The number of aryl methyl sites for hydroxylation is 1. The fourth-order valence-corrected chi connectivity index (χ4v) is 4.97. The monoisotopic (exact) mass is 546 g/mol. The van der Waals surface area contributed by atoms with Gasteiger partial charge in [0.05, 0.1) is 10.0 Å². The molecule has 4 rings (SSSR count). The third kappa shape index (κ3) is 7.15. The molecule has 0 aliphatic carbocycles. The minimum absolute atomic E-state index is 0.0865. The standard InChI is InChI=1S/C32H32Cl2N2O2/c1-2-19-35-32(38)30(21-23-9-4-3-5-10-23)36(22-24-15-17-28(33)29(34)20-24)31(37)18-16-26-13-8-12-25-11-6-7-14-27(25)26/h3-15,17,20,30H,2,16,18-19,21-22H2,1H3,(H,35,38)/t30-/m0/s1. The summed E-state index contributed by atoms with van der Waals surface area (Å²) in [4.78, 5) is 29.1. The lowest BCUT2D eigenvalue weighted by Crippen LogP contribution is -2.50. The van der Waals surface area contributed by atoms with Crippen LogP contribution in [0.3, 0.4) is 0 Å². The zero-order valence-electron chi connectivity index (χ0n) is 21.5. The van der Waals surface area contributed by atoms with E-state index in [1.54, 1.807) is 17.0 Å². The highest BCUT2D eigenvalue weighted by Gasteiger charge is 2.30. The van der Waals surface area contributed by atoms with E-state index in [9.17, 15) is 9.59 Å². The predicted octanol–water partition coefficient (Wildman–Crippen LogP) is 7.25. The molecule has 0 saturated carbocycles. The number of amides is 2. The fraction of sp³-hybridized carbons (Fsp3) is 0.250. The second-order valence-electron chi connectivity index (χ2n) is 9.40. The van der Waals surface area contributed by atoms with Crippen molar-refractivity contribution in [2.24, 2.45) is 0 Å². The molecule has 0 heterocycles. The molecule has 0 bridgehead atoms. The Hall–Kier alpha value is -3.34. The van der Waals surface area contributed by atoms with Crippen molar-refractivity contribution in [3.05, 3.63) is 118 Å². The smallest absolute Gasteiger partial charge is 0.243 e. The first-order chi connectivity index (χ1) is 18.5. The van der Waals surface area contributed by atoms with Gasteiger partial charge in [0.2, 0.25) is 11.8 Å². The molecule has 0 radical (unpaired) electrons. The largest absolute Gasteiger partial charge is 0.354 e. The van der Waals surface area contributed by atoms with Gasteiger partial charge in [-0.1, -0.05) is 109 Å². The Morgan fingerprint density at radius 3 is 2.34 bits per heavy atom. The molecule has 4 nitrogen and oxygen atoms in total. The molecular formula is C32H32Cl2N2O2. The second kappa shape index (κ2) is 13.5. The Labute approximate surface area is 234 Å². The highest BCUT2D eigenvalue weighted by molar-refractivity contribution is 6.42. The molecule has 1 atom stereocenters. The van der Waals surface area contributed by atoms with E-state index in [4.69, 9.17) is 23.2 Å². The maximum atomic E-state index is 13.9. The van der Waals surface area contributed by atoms with E-state index in [2.05, 4.69) is 29.6 Å². The van der Waals surface area contributed by atoms with Crippen LogP contribution in [0.1, 0.15) is 36.5 Å². The summed E-state index contributed by atoms with van der Waals surface area (Å²) >= 11 is 12.4. The molecule has 0 unspecified atom stereocenters. The lowest BCUT2D eigenvalue weighted by molar-refractivity contribution is -0.141. The van der Waals surface area contributed by atoms with Crippen LogP contribution >= 0.6 is 23.2 Å². The Morgan fingerprint density at radius 2 is 1.58 bits per heavy atom. The molecule has 0 saturated heterocycles. The van der Waals surface area contributed by atoms with Crippen molar-refractivity contribution >= 4 is 45.8 Å². The first-order valence-corrected chi connectivity index (χ1v) is 13.7. The Kier molecular flexibility index (Phi) is 9.80. The molecule has 0 fully saturated rings. The number of carbonyl (C=O) groups excluding carboxylic acids is 2. The van der Waals surface area contributed by atoms with Crippen LogP contribution in [0.2, 0.25) is 10.0 Å². The van der Waals surface area contributed by atoms with E-state index in [-0.39, 0.29) is 24.8 Å². The maximum absolute atomic E-state index is 13.9. The van der Waals surface area contributed by atoms with Crippen molar-refractivity contribution in [1.82, 2.24) is 10.2 Å². The average molecular weight is 548 g/mol. The molecule has 4 aromatic rings. The molecule has 0 aromatic heterocycles. The molecule has 38 heavy (non-hydrogen) atoms. The third-order valence-electron chi connectivity index (χ3n) is 6.65. The van der Waals surface area contributed by atoms with Crippen LogP contribution in [0.4, 0.5) is 0 Å². The van der Waals surface area contributed by atoms with Gasteiger partial charge in [0.25, 0.3) is 0 Å². The van der Waals surface area contributed by atoms with Crippen molar-refractivity contribution < 1.29 is 9.59 Å². The quantitative estimate of drug-likeness (QED) is 0.215. The Morgan fingerprint density at radius 1 is 0.842 bits per heavy atom. The number of carbonyl (C=O) groups is 2. The minimum atomic E-state index is -0.668. The summed E-state index contributed by atoms with van der Waals surface area (Å²) in [5, 5.41) is 6.16. The first kappa shape index (κ1) is 27.7. The third-order valence-corrected chi connectivity index (χ3v) is 7.38. The van der Waals surface area contributed by atoms with E-state index < -0.39 is 6.04 Å². The second-order valence-corrected chi connectivity index (χ2v) is 10.2. The number of fused-ring (bicyclic) bond motifs is 1. The highest BCUT2D eigenvalue weighted by atomic mass is 35.5. The molecule has 0 aliphatic rings. The molecule has 0 spiro atoms. The fourth-order valence-electron chi connectivity index (χ4n) is 4.65. The summed E-state index contributed by atoms with van der Waals surface area (Å²) in [6.07, 6.45) is 2.08. The topological polar surface area (TPSA) is 49.4 Å². The number of rotatable bonds is 11. The number of halogens is 2. The predicted molar refractivity (Wildman–Crippen MR) is 157 cm³/mol. The molecule has 4 aromatic carbocycles. The van der Waals surface area contributed by atoms with Crippen molar-refractivity contribution in [2.75, 3.05) is 6.54 Å². The van der Waals surface area contributed by atoms with Crippen LogP contribution in [-0.4, -0.2) is 29.3 Å². The van der Waals surface area contributed by atoms with Crippen LogP contribution in [0, 0.1) is 0 Å². The van der Waals surface area contributed by atoms with Gasteiger partial charge in [-0.15, -0.1) is 0 Å². The number of hydrogen-bond acceptors (Lipinski definition) is 2. The summed E-state index contributed by atoms with van der Waals surface area (Å²) < 4.78 is 0. The number of nitrogens with zero attached hydrogens (tertiary/aromatic N) is 1. The summed E-state index contributed by atoms with van der Waals surface area (Å²) in [7, 11) is 0. The van der Waals surface area contributed by atoms with Crippen LogP contribution in [0.5, 0.6) is 0 Å². The minimum Gasteiger partial charge on any atom is -0.354 e. The lowest BCUT2D eigenvalue weighted by atomic mass is 9.99. The van der Waals surface area contributed by atoms with Gasteiger partial charge in [-0.2, -0.15) is 0 Å². The Bertz CT molecular complexity index is 1390. The van der Waals surface area contributed by atoms with E-state index >= 15 is 0 Å². The van der Waals surface area contributed by atoms with Gasteiger partial charge in [0.1, 0.15) is 6.04 Å².